The van der Waals surface area contributed by atoms with Gasteiger partial charge in [-0.3, -0.25) is 0 Å². The summed E-state index contributed by atoms with van der Waals surface area (Å²) in [5.74, 6) is -0.273. The van der Waals surface area contributed by atoms with Crippen LogP contribution in [-0.2, 0) is 0 Å². The van der Waals surface area contributed by atoms with E-state index in [0.717, 1.165) is 19.5 Å². The molecule has 2 rings (SSSR count). The highest BCUT2D eigenvalue weighted by Crippen LogP contribution is 2.26. The molecular weight excluding hydrogens is 207 g/mol. The van der Waals surface area contributed by atoms with E-state index in [1.54, 1.807) is 18.2 Å². The van der Waals surface area contributed by atoms with Crippen LogP contribution in [0.4, 0.5) is 10.1 Å². The Morgan fingerprint density at radius 2 is 2.25 bits per heavy atom. The van der Waals surface area contributed by atoms with Gasteiger partial charge >= 0.3 is 0 Å². The molecule has 3 nitrogen and oxygen atoms in total. The van der Waals surface area contributed by atoms with E-state index in [0.29, 0.717) is 5.69 Å². The summed E-state index contributed by atoms with van der Waals surface area (Å²) in [5, 5.41) is 12.6. The summed E-state index contributed by atoms with van der Waals surface area (Å²) in [6.45, 7) is 1.67. The van der Waals surface area contributed by atoms with Crippen LogP contribution in [0.1, 0.15) is 6.42 Å². The third-order valence-electron chi connectivity index (χ3n) is 3.12. The van der Waals surface area contributed by atoms with Crippen LogP contribution in [0, 0.1) is 5.82 Å². The molecule has 16 heavy (non-hydrogen) atoms. The number of likely N-dealkylation sites (N-methyl/N-ethyl adjacent to an activating group) is 1. The lowest BCUT2D eigenvalue weighted by Crippen LogP contribution is -2.44. The number of anilines is 1. The smallest absolute Gasteiger partial charge is 0.146 e. The SMILES string of the molecule is CN1CCC(CO)(Nc2ccccc2F)C1. The minimum absolute atomic E-state index is 0.0195. The first-order valence-corrected chi connectivity index (χ1v) is 5.47. The molecule has 0 amide bonds. The van der Waals surface area contributed by atoms with Gasteiger partial charge in [0, 0.05) is 13.1 Å². The van der Waals surface area contributed by atoms with E-state index in [2.05, 4.69) is 10.2 Å². The zero-order chi connectivity index (χ0) is 11.6. The van der Waals surface area contributed by atoms with E-state index in [4.69, 9.17) is 0 Å². The number of aliphatic hydroxyl groups excluding tert-OH is 1. The average Bonchev–Trinajstić information content (AvgIpc) is 2.65. The van der Waals surface area contributed by atoms with Crippen molar-refractivity contribution in [2.24, 2.45) is 0 Å². The molecular formula is C12H17FN2O. The van der Waals surface area contributed by atoms with Gasteiger partial charge in [-0.15, -0.1) is 0 Å². The molecule has 1 heterocycles. The second-order valence-electron chi connectivity index (χ2n) is 4.53. The Hall–Kier alpha value is -1.13. The van der Waals surface area contributed by atoms with Crippen molar-refractivity contribution in [1.29, 1.82) is 0 Å². The van der Waals surface area contributed by atoms with Crippen LogP contribution in [0.3, 0.4) is 0 Å². The highest BCUT2D eigenvalue weighted by atomic mass is 19.1. The number of benzene rings is 1. The number of likely N-dealkylation sites (tertiary alicyclic amines) is 1. The molecule has 1 saturated heterocycles. The highest BCUT2D eigenvalue weighted by molar-refractivity contribution is 5.47. The van der Waals surface area contributed by atoms with E-state index in [9.17, 15) is 9.50 Å². The topological polar surface area (TPSA) is 35.5 Å². The molecule has 88 valence electrons. The lowest BCUT2D eigenvalue weighted by Gasteiger charge is -2.29. The first-order valence-electron chi connectivity index (χ1n) is 5.47. The Kier molecular flexibility index (Phi) is 3.12. The Morgan fingerprint density at radius 1 is 1.50 bits per heavy atom. The van der Waals surface area contributed by atoms with Crippen molar-refractivity contribution in [2.75, 3.05) is 32.1 Å². The maximum Gasteiger partial charge on any atom is 0.146 e. The van der Waals surface area contributed by atoms with Crippen LogP contribution in [-0.4, -0.2) is 42.3 Å². The molecule has 0 spiro atoms. The van der Waals surface area contributed by atoms with Gasteiger partial charge in [-0.1, -0.05) is 12.1 Å². The van der Waals surface area contributed by atoms with Crippen LogP contribution in [0.25, 0.3) is 0 Å². The molecule has 0 aliphatic carbocycles. The number of hydrogen-bond donors (Lipinski definition) is 2. The lowest BCUT2D eigenvalue weighted by molar-refractivity contribution is 0.212. The zero-order valence-electron chi connectivity index (χ0n) is 9.41. The Balaban J connectivity index is 2.16. The summed E-state index contributed by atoms with van der Waals surface area (Å²) >= 11 is 0. The van der Waals surface area contributed by atoms with Crippen molar-refractivity contribution in [2.45, 2.75) is 12.0 Å². The lowest BCUT2D eigenvalue weighted by atomic mass is 9.99. The van der Waals surface area contributed by atoms with Crippen molar-refractivity contribution in [3.8, 4) is 0 Å². The summed E-state index contributed by atoms with van der Waals surface area (Å²) in [6.07, 6.45) is 0.828. The molecule has 0 aromatic heterocycles. The number of halogens is 1. The first-order chi connectivity index (χ1) is 7.65. The van der Waals surface area contributed by atoms with Gasteiger partial charge in [0.05, 0.1) is 17.8 Å². The van der Waals surface area contributed by atoms with E-state index in [1.165, 1.54) is 6.07 Å². The maximum atomic E-state index is 13.5. The van der Waals surface area contributed by atoms with Crippen LogP contribution in [0.5, 0.6) is 0 Å². The summed E-state index contributed by atoms with van der Waals surface area (Å²) in [4.78, 5) is 2.13. The van der Waals surface area contributed by atoms with Crippen molar-refractivity contribution < 1.29 is 9.50 Å². The van der Waals surface area contributed by atoms with E-state index >= 15 is 0 Å². The van der Waals surface area contributed by atoms with Crippen LogP contribution in [0.15, 0.2) is 24.3 Å². The molecule has 0 saturated carbocycles. The minimum atomic E-state index is -0.406. The van der Waals surface area contributed by atoms with Crippen LogP contribution >= 0.6 is 0 Å². The molecule has 1 unspecified atom stereocenters. The van der Waals surface area contributed by atoms with E-state index in [-0.39, 0.29) is 12.4 Å². The Morgan fingerprint density at radius 3 is 2.81 bits per heavy atom. The van der Waals surface area contributed by atoms with Gasteiger partial charge in [-0.05, 0) is 25.6 Å². The predicted molar refractivity (Wildman–Crippen MR) is 62.0 cm³/mol. The second kappa shape index (κ2) is 4.39. The van der Waals surface area contributed by atoms with E-state index < -0.39 is 5.54 Å². The number of rotatable bonds is 3. The highest BCUT2D eigenvalue weighted by Gasteiger charge is 2.36. The first kappa shape index (κ1) is 11.4. The van der Waals surface area contributed by atoms with Crippen LogP contribution < -0.4 is 5.32 Å². The molecule has 4 heteroatoms. The molecule has 2 N–H and O–H groups in total. The molecule has 1 aromatic carbocycles. The van der Waals surface area contributed by atoms with Crippen molar-refractivity contribution in [3.63, 3.8) is 0 Å². The summed E-state index contributed by atoms with van der Waals surface area (Å²) in [6, 6.07) is 6.57. The third kappa shape index (κ3) is 2.18. The van der Waals surface area contributed by atoms with Gasteiger partial charge in [0.25, 0.3) is 0 Å². The zero-order valence-corrected chi connectivity index (χ0v) is 9.41. The fourth-order valence-electron chi connectivity index (χ4n) is 2.20. The van der Waals surface area contributed by atoms with Gasteiger partial charge in [0.2, 0.25) is 0 Å². The normalized spacial score (nSPS) is 25.9. The van der Waals surface area contributed by atoms with Gasteiger partial charge < -0.3 is 15.3 Å². The number of nitrogens with one attached hydrogen (secondary N) is 1. The fraction of sp³-hybridized carbons (Fsp3) is 0.500. The molecule has 0 radical (unpaired) electrons. The fourth-order valence-corrected chi connectivity index (χ4v) is 2.20. The molecule has 1 fully saturated rings. The molecule has 0 bridgehead atoms. The summed E-state index contributed by atoms with van der Waals surface area (Å²) in [5.41, 5.74) is 0.0589. The standard InChI is InChI=1S/C12H17FN2O/c1-15-7-6-12(8-15,9-16)14-11-5-3-2-4-10(11)13/h2-5,14,16H,6-9H2,1H3. The predicted octanol–water partition coefficient (Wildman–Crippen LogP) is 1.30. The Labute approximate surface area is 94.9 Å². The Bertz CT molecular complexity index is 372. The van der Waals surface area contributed by atoms with E-state index in [1.807, 2.05) is 7.05 Å². The summed E-state index contributed by atoms with van der Waals surface area (Å²) in [7, 11) is 2.00. The van der Waals surface area contributed by atoms with Crippen molar-refractivity contribution in [1.82, 2.24) is 4.90 Å². The largest absolute Gasteiger partial charge is 0.394 e. The van der Waals surface area contributed by atoms with Crippen LogP contribution in [0.2, 0.25) is 0 Å². The average molecular weight is 224 g/mol. The molecule has 1 aliphatic heterocycles. The quantitative estimate of drug-likeness (QED) is 0.812. The number of para-hydroxylation sites is 1. The molecule has 1 aliphatic rings. The van der Waals surface area contributed by atoms with Gasteiger partial charge in [0.15, 0.2) is 0 Å². The number of hydrogen-bond acceptors (Lipinski definition) is 3. The van der Waals surface area contributed by atoms with Gasteiger partial charge in [-0.25, -0.2) is 4.39 Å². The molecule has 1 atom stereocenters. The van der Waals surface area contributed by atoms with Gasteiger partial charge in [-0.2, -0.15) is 0 Å². The number of nitrogens with zero attached hydrogens (tertiary/aromatic N) is 1. The third-order valence-corrected chi connectivity index (χ3v) is 3.12. The molecule has 1 aromatic rings. The number of aliphatic hydroxyl groups is 1. The maximum absolute atomic E-state index is 13.5. The van der Waals surface area contributed by atoms with Crippen molar-refractivity contribution in [3.05, 3.63) is 30.1 Å². The van der Waals surface area contributed by atoms with Crippen molar-refractivity contribution >= 4 is 5.69 Å². The second-order valence-corrected chi connectivity index (χ2v) is 4.53. The monoisotopic (exact) mass is 224 g/mol. The minimum Gasteiger partial charge on any atom is -0.394 e. The van der Waals surface area contributed by atoms with Gasteiger partial charge in [0.1, 0.15) is 5.82 Å². The summed E-state index contributed by atoms with van der Waals surface area (Å²) < 4.78 is 13.5.